The van der Waals surface area contributed by atoms with Gasteiger partial charge in [-0.25, -0.2) is 14.6 Å². The standard InChI is InChI=1S/C17H18F3N7O/c18-17(19,20)16-22-14(21)13-15(23-16)27(25-24-13)10-12-9-26(6-7-28-12)8-11-4-2-1-3-5-11/h1-5,12H,6-10H2,(H2,21,22,23)/t12-/m1/s1. The Bertz CT molecular complexity index is 961. The fourth-order valence-electron chi connectivity index (χ4n) is 3.20. The van der Waals surface area contributed by atoms with Crippen LogP contribution in [0.5, 0.6) is 0 Å². The minimum Gasteiger partial charge on any atom is -0.382 e. The van der Waals surface area contributed by atoms with Gasteiger partial charge in [-0.15, -0.1) is 5.10 Å². The van der Waals surface area contributed by atoms with Crippen molar-refractivity contribution in [3.8, 4) is 0 Å². The molecule has 4 rings (SSSR count). The molecule has 148 valence electrons. The Hall–Kier alpha value is -2.79. The van der Waals surface area contributed by atoms with Crippen LogP contribution in [0.4, 0.5) is 19.0 Å². The van der Waals surface area contributed by atoms with Gasteiger partial charge < -0.3 is 10.5 Å². The lowest BCUT2D eigenvalue weighted by molar-refractivity contribution is -0.144. The minimum atomic E-state index is -4.70. The SMILES string of the molecule is Nc1nc(C(F)(F)F)nc2c1nnn2C[C@H]1CN(Cc2ccccc2)CCO1. The van der Waals surface area contributed by atoms with Crippen LogP contribution in [0, 0.1) is 0 Å². The fourth-order valence-corrected chi connectivity index (χ4v) is 3.20. The second-order valence-corrected chi connectivity index (χ2v) is 6.59. The lowest BCUT2D eigenvalue weighted by Crippen LogP contribution is -2.43. The first-order valence-electron chi connectivity index (χ1n) is 8.72. The molecule has 28 heavy (non-hydrogen) atoms. The zero-order valence-electron chi connectivity index (χ0n) is 14.8. The van der Waals surface area contributed by atoms with Gasteiger partial charge in [0.15, 0.2) is 17.0 Å². The smallest absolute Gasteiger partial charge is 0.382 e. The molecule has 8 nitrogen and oxygen atoms in total. The third-order valence-corrected chi connectivity index (χ3v) is 4.49. The number of benzene rings is 1. The first-order valence-corrected chi connectivity index (χ1v) is 8.72. The van der Waals surface area contributed by atoms with E-state index in [1.54, 1.807) is 0 Å². The predicted octanol–water partition coefficient (Wildman–Crippen LogP) is 1.72. The normalized spacial score (nSPS) is 18.6. The van der Waals surface area contributed by atoms with E-state index < -0.39 is 12.0 Å². The number of anilines is 1. The van der Waals surface area contributed by atoms with Crippen molar-refractivity contribution in [2.75, 3.05) is 25.4 Å². The topological polar surface area (TPSA) is 95.0 Å². The van der Waals surface area contributed by atoms with E-state index in [2.05, 4.69) is 25.2 Å². The summed E-state index contributed by atoms with van der Waals surface area (Å²) in [5.74, 6) is -1.66. The molecule has 1 saturated heterocycles. The Balaban J connectivity index is 1.52. The summed E-state index contributed by atoms with van der Waals surface area (Å²) < 4.78 is 46.0. The van der Waals surface area contributed by atoms with Crippen molar-refractivity contribution >= 4 is 17.0 Å². The van der Waals surface area contributed by atoms with Crippen LogP contribution in [0.2, 0.25) is 0 Å². The minimum absolute atomic E-state index is 0.0463. The maximum absolute atomic E-state index is 13.0. The number of morpholine rings is 1. The van der Waals surface area contributed by atoms with E-state index in [4.69, 9.17) is 10.5 Å². The molecule has 3 heterocycles. The number of alkyl halides is 3. The van der Waals surface area contributed by atoms with E-state index in [0.717, 1.165) is 13.1 Å². The van der Waals surface area contributed by atoms with E-state index in [-0.39, 0.29) is 29.6 Å². The lowest BCUT2D eigenvalue weighted by atomic mass is 10.2. The van der Waals surface area contributed by atoms with E-state index in [9.17, 15) is 13.2 Å². The van der Waals surface area contributed by atoms with Crippen LogP contribution in [-0.2, 0) is 24.0 Å². The molecule has 0 spiro atoms. The number of nitrogens with zero attached hydrogens (tertiary/aromatic N) is 6. The maximum Gasteiger partial charge on any atom is 0.451 e. The van der Waals surface area contributed by atoms with Gasteiger partial charge in [-0.2, -0.15) is 13.2 Å². The van der Waals surface area contributed by atoms with Gasteiger partial charge in [-0.05, 0) is 5.56 Å². The van der Waals surface area contributed by atoms with Crippen molar-refractivity contribution in [3.63, 3.8) is 0 Å². The Morgan fingerprint density at radius 3 is 2.71 bits per heavy atom. The van der Waals surface area contributed by atoms with Gasteiger partial charge in [0.05, 0.1) is 19.3 Å². The van der Waals surface area contributed by atoms with Gasteiger partial charge in [0.25, 0.3) is 0 Å². The number of rotatable bonds is 4. The Morgan fingerprint density at radius 1 is 1.18 bits per heavy atom. The number of ether oxygens (including phenoxy) is 1. The number of fused-ring (bicyclic) bond motifs is 1. The second-order valence-electron chi connectivity index (χ2n) is 6.59. The molecule has 0 radical (unpaired) electrons. The molecular formula is C17H18F3N7O. The first-order chi connectivity index (χ1) is 13.4. The fraction of sp³-hybridized carbons (Fsp3) is 0.412. The van der Waals surface area contributed by atoms with Crippen LogP contribution in [0.3, 0.4) is 0 Å². The monoisotopic (exact) mass is 393 g/mol. The van der Waals surface area contributed by atoms with Crippen molar-refractivity contribution in [1.29, 1.82) is 0 Å². The largest absolute Gasteiger partial charge is 0.451 e. The summed E-state index contributed by atoms with van der Waals surface area (Å²) in [7, 11) is 0. The molecule has 1 atom stereocenters. The molecule has 0 amide bonds. The molecule has 3 aromatic rings. The van der Waals surface area contributed by atoms with E-state index in [1.807, 2.05) is 30.3 Å². The second kappa shape index (κ2) is 7.32. The van der Waals surface area contributed by atoms with Crippen LogP contribution in [0.1, 0.15) is 11.4 Å². The molecular weight excluding hydrogens is 375 g/mol. The molecule has 0 bridgehead atoms. The van der Waals surface area contributed by atoms with Gasteiger partial charge >= 0.3 is 6.18 Å². The van der Waals surface area contributed by atoms with Gasteiger partial charge in [0.1, 0.15) is 0 Å². The summed E-state index contributed by atoms with van der Waals surface area (Å²) in [6, 6.07) is 10.0. The summed E-state index contributed by atoms with van der Waals surface area (Å²) in [4.78, 5) is 9.08. The number of nitrogen functional groups attached to an aromatic ring is 1. The average molecular weight is 393 g/mol. The van der Waals surface area contributed by atoms with Crippen molar-refractivity contribution in [2.45, 2.75) is 25.4 Å². The Morgan fingerprint density at radius 2 is 1.96 bits per heavy atom. The lowest BCUT2D eigenvalue weighted by Gasteiger charge is -2.32. The number of hydrogen-bond donors (Lipinski definition) is 1. The van der Waals surface area contributed by atoms with Crippen molar-refractivity contribution in [2.24, 2.45) is 0 Å². The number of nitrogens with two attached hydrogens (primary N) is 1. The zero-order valence-corrected chi connectivity index (χ0v) is 14.8. The number of aromatic nitrogens is 5. The highest BCUT2D eigenvalue weighted by atomic mass is 19.4. The summed E-state index contributed by atoms with van der Waals surface area (Å²) in [5, 5.41) is 7.72. The van der Waals surface area contributed by atoms with E-state index >= 15 is 0 Å². The van der Waals surface area contributed by atoms with Gasteiger partial charge in [-0.1, -0.05) is 35.5 Å². The molecule has 1 aromatic carbocycles. The molecule has 1 aliphatic rings. The molecule has 0 aliphatic carbocycles. The highest BCUT2D eigenvalue weighted by Gasteiger charge is 2.36. The molecule has 1 aliphatic heterocycles. The van der Waals surface area contributed by atoms with Gasteiger partial charge in [0.2, 0.25) is 5.82 Å². The third kappa shape index (κ3) is 3.90. The third-order valence-electron chi connectivity index (χ3n) is 4.49. The van der Waals surface area contributed by atoms with Gasteiger partial charge in [0, 0.05) is 19.6 Å². The Labute approximate surface area is 158 Å². The summed E-state index contributed by atoms with van der Waals surface area (Å²) in [6.45, 7) is 2.90. The van der Waals surface area contributed by atoms with Crippen molar-refractivity contribution in [1.82, 2.24) is 29.9 Å². The predicted molar refractivity (Wildman–Crippen MR) is 94.0 cm³/mol. The molecule has 1 fully saturated rings. The Kier molecular flexibility index (Phi) is 4.85. The quantitative estimate of drug-likeness (QED) is 0.721. The highest BCUT2D eigenvalue weighted by molar-refractivity contribution is 5.80. The zero-order chi connectivity index (χ0) is 19.7. The van der Waals surface area contributed by atoms with Crippen molar-refractivity contribution in [3.05, 3.63) is 41.7 Å². The number of halogens is 3. The van der Waals surface area contributed by atoms with Crippen LogP contribution in [0.15, 0.2) is 30.3 Å². The average Bonchev–Trinajstić information content (AvgIpc) is 3.06. The maximum atomic E-state index is 13.0. The van der Waals surface area contributed by atoms with E-state index in [1.165, 1.54) is 10.2 Å². The molecule has 11 heteroatoms. The van der Waals surface area contributed by atoms with Crippen LogP contribution >= 0.6 is 0 Å². The highest BCUT2D eigenvalue weighted by Crippen LogP contribution is 2.28. The molecule has 2 N–H and O–H groups in total. The van der Waals surface area contributed by atoms with Crippen molar-refractivity contribution < 1.29 is 17.9 Å². The van der Waals surface area contributed by atoms with Crippen LogP contribution in [-0.4, -0.2) is 55.7 Å². The molecule has 0 unspecified atom stereocenters. The first kappa shape index (κ1) is 18.6. The van der Waals surface area contributed by atoms with Crippen LogP contribution < -0.4 is 5.73 Å². The molecule has 0 saturated carbocycles. The summed E-state index contributed by atoms with van der Waals surface area (Å²) >= 11 is 0. The van der Waals surface area contributed by atoms with Gasteiger partial charge in [-0.3, -0.25) is 4.90 Å². The number of hydrogen-bond acceptors (Lipinski definition) is 7. The van der Waals surface area contributed by atoms with Crippen LogP contribution in [0.25, 0.3) is 11.2 Å². The summed E-state index contributed by atoms with van der Waals surface area (Å²) in [6.07, 6.45) is -4.96. The molecule has 2 aromatic heterocycles. The van der Waals surface area contributed by atoms with E-state index in [0.29, 0.717) is 13.2 Å². The summed E-state index contributed by atoms with van der Waals surface area (Å²) in [5.41, 5.74) is 6.78.